The highest BCUT2D eigenvalue weighted by Gasteiger charge is 2.58. The Kier molecular flexibility index (Phi) is 5.28. The molecular weight excluding hydrogens is 387 g/mol. The summed E-state index contributed by atoms with van der Waals surface area (Å²) in [6.07, 6.45) is -4.56. The molecule has 1 heterocycles. The van der Waals surface area contributed by atoms with Gasteiger partial charge in [-0.15, -0.1) is 0 Å². The van der Waals surface area contributed by atoms with Crippen molar-refractivity contribution < 1.29 is 36.0 Å². The fraction of sp³-hybridized carbons (Fsp3) is 0.333. The molecule has 1 aromatic carbocycles. The zero-order valence-electron chi connectivity index (χ0n) is 15.1. The Labute approximate surface area is 156 Å². The molecule has 152 valence electrons. The van der Waals surface area contributed by atoms with Gasteiger partial charge in [0, 0.05) is 11.3 Å². The van der Waals surface area contributed by atoms with E-state index in [1.165, 1.54) is 33.1 Å². The fourth-order valence-electron chi connectivity index (χ4n) is 2.44. The molecule has 0 unspecified atom stereocenters. The Morgan fingerprint density at radius 1 is 1.07 bits per heavy atom. The largest absolute Gasteiger partial charge is 0.467 e. The van der Waals surface area contributed by atoms with E-state index in [0.29, 0.717) is 12.1 Å². The lowest BCUT2D eigenvalue weighted by molar-refractivity contribution is -0.289. The number of rotatable bonds is 5. The van der Waals surface area contributed by atoms with Crippen molar-refractivity contribution in [2.24, 2.45) is 5.73 Å². The molecule has 0 spiro atoms. The molecule has 3 N–H and O–H groups in total. The van der Waals surface area contributed by atoms with Gasteiger partial charge in [0.05, 0.1) is 11.8 Å². The molecule has 0 radical (unpaired) electrons. The Morgan fingerprint density at radius 2 is 1.68 bits per heavy atom. The summed E-state index contributed by atoms with van der Waals surface area (Å²) in [7, 11) is 0. The van der Waals surface area contributed by atoms with Gasteiger partial charge in [-0.05, 0) is 44.5 Å². The number of carbonyl (C=O) groups excluding carboxylic acids is 2. The van der Waals surface area contributed by atoms with E-state index >= 15 is 0 Å². The molecule has 0 saturated heterocycles. The summed E-state index contributed by atoms with van der Waals surface area (Å²) in [5.41, 5.74) is 2.76. The van der Waals surface area contributed by atoms with Crippen molar-refractivity contribution in [3.8, 4) is 0 Å². The number of furan rings is 1. The fourth-order valence-corrected chi connectivity index (χ4v) is 2.44. The molecule has 2 rings (SSSR count). The quantitative estimate of drug-likeness (QED) is 0.731. The Morgan fingerprint density at radius 3 is 2.18 bits per heavy atom. The predicted octanol–water partition coefficient (Wildman–Crippen LogP) is 4.26. The highest BCUT2D eigenvalue weighted by molar-refractivity contribution is 6.06. The molecule has 0 atom stereocenters. The van der Waals surface area contributed by atoms with Crippen LogP contribution in [-0.2, 0) is 16.1 Å². The number of carbonyl (C=O) groups is 2. The summed E-state index contributed by atoms with van der Waals surface area (Å²) < 4.78 is 69.6. The van der Waals surface area contributed by atoms with E-state index in [2.05, 4.69) is 5.32 Å². The summed E-state index contributed by atoms with van der Waals surface area (Å²) in [6.45, 7) is 4.17. The minimum absolute atomic E-state index is 0.00428. The van der Waals surface area contributed by atoms with Gasteiger partial charge in [-0.1, -0.05) is 6.07 Å². The lowest BCUT2D eigenvalue weighted by Gasteiger charge is -2.21. The van der Waals surface area contributed by atoms with E-state index in [-0.39, 0.29) is 22.6 Å². The topological polar surface area (TPSA) is 85.3 Å². The van der Waals surface area contributed by atoms with Gasteiger partial charge in [0.1, 0.15) is 11.2 Å². The number of hydrogen-bond donors (Lipinski definition) is 2. The van der Waals surface area contributed by atoms with E-state index in [0.717, 1.165) is 6.07 Å². The van der Waals surface area contributed by atoms with E-state index in [1.54, 1.807) is 0 Å². The summed E-state index contributed by atoms with van der Waals surface area (Å²) in [5.74, 6) is -6.51. The summed E-state index contributed by atoms with van der Waals surface area (Å²) in [4.78, 5) is 24.1. The molecular formula is C18H17F5N2O3. The van der Waals surface area contributed by atoms with Crippen molar-refractivity contribution in [2.75, 3.05) is 5.32 Å². The Balaban J connectivity index is 2.33. The number of aryl methyl sites for hydroxylation is 1. The maximum absolute atomic E-state index is 13.5. The first-order chi connectivity index (χ1) is 12.7. The van der Waals surface area contributed by atoms with Gasteiger partial charge >= 0.3 is 12.1 Å². The van der Waals surface area contributed by atoms with Crippen LogP contribution in [0.1, 0.15) is 41.1 Å². The van der Waals surface area contributed by atoms with Crippen LogP contribution in [-0.4, -0.2) is 18.0 Å². The van der Waals surface area contributed by atoms with Crippen molar-refractivity contribution in [2.45, 2.75) is 38.3 Å². The average molecular weight is 404 g/mol. The van der Waals surface area contributed by atoms with Crippen LogP contribution in [0.2, 0.25) is 0 Å². The number of nitrogens with two attached hydrogens (primary N) is 1. The number of benzene rings is 1. The third kappa shape index (κ3) is 3.71. The maximum Gasteiger partial charge on any atom is 0.458 e. The number of nitrogens with one attached hydrogen (secondary N) is 1. The van der Waals surface area contributed by atoms with E-state index in [4.69, 9.17) is 10.2 Å². The number of amides is 2. The third-order valence-corrected chi connectivity index (χ3v) is 4.29. The van der Waals surface area contributed by atoms with Crippen molar-refractivity contribution in [1.82, 2.24) is 0 Å². The summed E-state index contributed by atoms with van der Waals surface area (Å²) in [5, 5.41) is 2.40. The Bertz CT molecular complexity index is 916. The van der Waals surface area contributed by atoms with Crippen LogP contribution in [0.15, 0.2) is 34.9 Å². The first-order valence-electron chi connectivity index (χ1n) is 7.94. The molecule has 0 fully saturated rings. The molecule has 10 heteroatoms. The molecule has 2 aromatic rings. The van der Waals surface area contributed by atoms with Crippen LogP contribution in [0.5, 0.6) is 0 Å². The standard InChI is InChI=1S/C18H17F5N2O3/c1-9-8-10(17(19,20)18(21,22)23)4-5-12(9)25-14(26)11-6-7-28-13(11)16(2,3)15(24)27/h4-8H,1-3H3,(H2,24,27)(H,25,26). The summed E-state index contributed by atoms with van der Waals surface area (Å²) >= 11 is 0. The molecule has 0 aliphatic rings. The second-order valence-electron chi connectivity index (χ2n) is 6.71. The van der Waals surface area contributed by atoms with Gasteiger partial charge < -0.3 is 15.5 Å². The second kappa shape index (κ2) is 6.92. The van der Waals surface area contributed by atoms with Crippen LogP contribution >= 0.6 is 0 Å². The second-order valence-corrected chi connectivity index (χ2v) is 6.71. The van der Waals surface area contributed by atoms with Crippen molar-refractivity contribution in [1.29, 1.82) is 0 Å². The van der Waals surface area contributed by atoms with E-state index < -0.39 is 34.9 Å². The van der Waals surface area contributed by atoms with Crippen LogP contribution < -0.4 is 11.1 Å². The van der Waals surface area contributed by atoms with Gasteiger partial charge in [0.15, 0.2) is 0 Å². The van der Waals surface area contributed by atoms with Gasteiger partial charge in [0.2, 0.25) is 5.91 Å². The number of primary amides is 1. The molecule has 0 saturated carbocycles. The normalized spacial score (nSPS) is 12.7. The first-order valence-corrected chi connectivity index (χ1v) is 7.94. The molecule has 0 aliphatic carbocycles. The lowest BCUT2D eigenvalue weighted by Crippen LogP contribution is -2.36. The van der Waals surface area contributed by atoms with Crippen LogP contribution in [0.4, 0.5) is 27.6 Å². The van der Waals surface area contributed by atoms with Crippen molar-refractivity contribution >= 4 is 17.5 Å². The minimum Gasteiger partial charge on any atom is -0.467 e. The van der Waals surface area contributed by atoms with Crippen molar-refractivity contribution in [3.05, 3.63) is 53.0 Å². The van der Waals surface area contributed by atoms with Gasteiger partial charge in [-0.3, -0.25) is 9.59 Å². The van der Waals surface area contributed by atoms with Crippen LogP contribution in [0.3, 0.4) is 0 Å². The first kappa shape index (κ1) is 21.4. The number of alkyl halides is 5. The van der Waals surface area contributed by atoms with Gasteiger partial charge in [0.25, 0.3) is 5.91 Å². The Hall–Kier alpha value is -2.91. The van der Waals surface area contributed by atoms with Crippen molar-refractivity contribution in [3.63, 3.8) is 0 Å². The lowest BCUT2D eigenvalue weighted by atomic mass is 9.87. The van der Waals surface area contributed by atoms with Crippen LogP contribution in [0.25, 0.3) is 0 Å². The highest BCUT2D eigenvalue weighted by atomic mass is 19.4. The smallest absolute Gasteiger partial charge is 0.458 e. The van der Waals surface area contributed by atoms with Gasteiger partial charge in [-0.2, -0.15) is 22.0 Å². The molecule has 5 nitrogen and oxygen atoms in total. The summed E-state index contributed by atoms with van der Waals surface area (Å²) in [6, 6.07) is 3.46. The monoisotopic (exact) mass is 404 g/mol. The zero-order chi connectivity index (χ0) is 21.5. The minimum atomic E-state index is -5.74. The third-order valence-electron chi connectivity index (χ3n) is 4.29. The molecule has 0 bridgehead atoms. The highest BCUT2D eigenvalue weighted by Crippen LogP contribution is 2.44. The van der Waals surface area contributed by atoms with Crippen LogP contribution in [0, 0.1) is 6.92 Å². The number of anilines is 1. The molecule has 28 heavy (non-hydrogen) atoms. The number of halogens is 5. The number of hydrogen-bond acceptors (Lipinski definition) is 3. The van der Waals surface area contributed by atoms with Gasteiger partial charge in [-0.25, -0.2) is 0 Å². The van der Waals surface area contributed by atoms with E-state index in [9.17, 15) is 31.5 Å². The predicted molar refractivity (Wildman–Crippen MR) is 90.0 cm³/mol. The maximum atomic E-state index is 13.5. The van der Waals surface area contributed by atoms with E-state index in [1.807, 2.05) is 0 Å². The molecule has 2 amide bonds. The average Bonchev–Trinajstić information content (AvgIpc) is 3.05. The zero-order valence-corrected chi connectivity index (χ0v) is 15.1. The molecule has 0 aliphatic heterocycles. The SMILES string of the molecule is Cc1cc(C(F)(F)C(F)(F)F)ccc1NC(=O)c1ccoc1C(C)(C)C(N)=O. The molecule has 1 aromatic heterocycles.